The third kappa shape index (κ3) is 3.79. The number of aromatic nitrogens is 2. The van der Waals surface area contributed by atoms with Crippen LogP contribution in [0.1, 0.15) is 23.4 Å². The molecule has 0 fully saturated rings. The number of hydrogen-bond donors (Lipinski definition) is 1. The van der Waals surface area contributed by atoms with Crippen LogP contribution < -0.4 is 10.1 Å². The van der Waals surface area contributed by atoms with Crippen molar-refractivity contribution >= 4 is 23.2 Å². The van der Waals surface area contributed by atoms with Crippen LogP contribution in [-0.2, 0) is 11.3 Å². The minimum Gasteiger partial charge on any atom is -0.495 e. The van der Waals surface area contributed by atoms with Crippen molar-refractivity contribution in [3.8, 4) is 5.75 Å². The number of amides is 1. The zero-order chi connectivity index (χ0) is 17.1. The number of methoxy groups -OCH3 is 1. The molecule has 1 N–H and O–H groups in total. The van der Waals surface area contributed by atoms with E-state index < -0.39 is 18.0 Å². The second-order valence-electron chi connectivity index (χ2n) is 4.99. The van der Waals surface area contributed by atoms with Crippen molar-refractivity contribution in [3.63, 3.8) is 0 Å². The van der Waals surface area contributed by atoms with Crippen molar-refractivity contribution in [1.82, 2.24) is 9.78 Å². The summed E-state index contributed by atoms with van der Waals surface area (Å²) >= 11 is 5.81. The molecule has 0 spiro atoms. The molecule has 1 heterocycles. The Labute approximate surface area is 137 Å². The highest BCUT2D eigenvalue weighted by Gasteiger charge is 2.21. The second kappa shape index (κ2) is 6.95. The summed E-state index contributed by atoms with van der Waals surface area (Å²) < 4.78 is 31.9. The van der Waals surface area contributed by atoms with Gasteiger partial charge in [-0.25, -0.2) is 8.78 Å². The Hall–Kier alpha value is -2.15. The van der Waals surface area contributed by atoms with E-state index >= 15 is 0 Å². The molecule has 0 unspecified atom stereocenters. The fraction of sp³-hybridized carbons (Fsp3) is 0.333. The van der Waals surface area contributed by atoms with Gasteiger partial charge >= 0.3 is 0 Å². The van der Waals surface area contributed by atoms with Crippen LogP contribution in [0.25, 0.3) is 0 Å². The topological polar surface area (TPSA) is 56.1 Å². The van der Waals surface area contributed by atoms with Crippen LogP contribution in [0.2, 0.25) is 5.02 Å². The number of alkyl halides is 2. The quantitative estimate of drug-likeness (QED) is 0.899. The van der Waals surface area contributed by atoms with E-state index in [1.165, 1.54) is 14.0 Å². The lowest BCUT2D eigenvalue weighted by Gasteiger charge is -2.11. The van der Waals surface area contributed by atoms with Gasteiger partial charge in [-0.2, -0.15) is 5.10 Å². The van der Waals surface area contributed by atoms with E-state index in [1.54, 1.807) is 12.1 Å². The minimum atomic E-state index is -2.79. The van der Waals surface area contributed by atoms with Crippen LogP contribution in [0.5, 0.6) is 5.75 Å². The lowest BCUT2D eigenvalue weighted by atomic mass is 10.2. The van der Waals surface area contributed by atoms with Gasteiger partial charge in [0, 0.05) is 0 Å². The van der Waals surface area contributed by atoms with Crippen molar-refractivity contribution in [1.29, 1.82) is 0 Å². The zero-order valence-corrected chi connectivity index (χ0v) is 13.6. The third-order valence-electron chi connectivity index (χ3n) is 3.29. The molecule has 0 aliphatic heterocycles. The summed E-state index contributed by atoms with van der Waals surface area (Å²) in [5.41, 5.74) is 1.24. The molecule has 0 saturated carbocycles. The Bertz CT molecular complexity index is 732. The molecule has 124 valence electrons. The predicted molar refractivity (Wildman–Crippen MR) is 83.3 cm³/mol. The SMILES string of the molecule is COc1ccc(C)cc1NC(=O)Cn1nc(C(F)F)c(Cl)c1C. The van der Waals surface area contributed by atoms with Gasteiger partial charge in [0.1, 0.15) is 18.0 Å². The van der Waals surface area contributed by atoms with Gasteiger partial charge in [-0.05, 0) is 31.5 Å². The van der Waals surface area contributed by atoms with E-state index in [0.29, 0.717) is 17.1 Å². The molecule has 23 heavy (non-hydrogen) atoms. The second-order valence-corrected chi connectivity index (χ2v) is 5.37. The maximum absolute atomic E-state index is 12.8. The Morgan fingerprint density at radius 3 is 2.70 bits per heavy atom. The molecule has 0 aliphatic rings. The van der Waals surface area contributed by atoms with Gasteiger partial charge in [0.05, 0.1) is 23.5 Å². The highest BCUT2D eigenvalue weighted by molar-refractivity contribution is 6.31. The molecule has 2 aromatic rings. The van der Waals surface area contributed by atoms with Crippen LogP contribution in [0.3, 0.4) is 0 Å². The Balaban J connectivity index is 2.18. The summed E-state index contributed by atoms with van der Waals surface area (Å²) in [6, 6.07) is 5.33. The van der Waals surface area contributed by atoms with Gasteiger partial charge in [-0.3, -0.25) is 9.48 Å². The fourth-order valence-corrected chi connectivity index (χ4v) is 2.30. The Morgan fingerprint density at radius 2 is 2.13 bits per heavy atom. The smallest absolute Gasteiger partial charge is 0.283 e. The lowest BCUT2D eigenvalue weighted by molar-refractivity contribution is -0.117. The average Bonchev–Trinajstić information content (AvgIpc) is 2.76. The molecule has 0 atom stereocenters. The summed E-state index contributed by atoms with van der Waals surface area (Å²) in [7, 11) is 1.49. The van der Waals surface area contributed by atoms with Gasteiger partial charge in [0.25, 0.3) is 6.43 Å². The average molecular weight is 344 g/mol. The molecule has 0 saturated heterocycles. The monoisotopic (exact) mass is 343 g/mol. The number of nitrogens with zero attached hydrogens (tertiary/aromatic N) is 2. The maximum Gasteiger partial charge on any atom is 0.283 e. The number of benzene rings is 1. The number of anilines is 1. The van der Waals surface area contributed by atoms with E-state index in [4.69, 9.17) is 16.3 Å². The highest BCUT2D eigenvalue weighted by atomic mass is 35.5. The van der Waals surface area contributed by atoms with E-state index in [1.807, 2.05) is 13.0 Å². The first-order valence-electron chi connectivity index (χ1n) is 6.79. The summed E-state index contributed by atoms with van der Waals surface area (Å²) in [6.07, 6.45) is -2.79. The first kappa shape index (κ1) is 17.2. The fourth-order valence-electron chi connectivity index (χ4n) is 2.09. The first-order valence-corrected chi connectivity index (χ1v) is 7.16. The molecule has 5 nitrogen and oxygen atoms in total. The standard InChI is InChI=1S/C15H16ClF2N3O2/c1-8-4-5-11(23-3)10(6-8)19-12(22)7-21-9(2)13(16)14(20-21)15(17)18/h4-6,15H,7H2,1-3H3,(H,19,22). The number of halogens is 3. The Morgan fingerprint density at radius 1 is 1.43 bits per heavy atom. The summed E-state index contributed by atoms with van der Waals surface area (Å²) in [6.45, 7) is 3.18. The van der Waals surface area contributed by atoms with Gasteiger partial charge in [0.15, 0.2) is 0 Å². The predicted octanol–water partition coefficient (Wildman–Crippen LogP) is 3.74. The van der Waals surface area contributed by atoms with E-state index in [9.17, 15) is 13.6 Å². The van der Waals surface area contributed by atoms with Crippen LogP contribution in [-0.4, -0.2) is 22.8 Å². The van der Waals surface area contributed by atoms with Crippen molar-refractivity contribution in [2.75, 3.05) is 12.4 Å². The molecule has 2 rings (SSSR count). The number of carbonyl (C=O) groups excluding carboxylic acids is 1. The van der Waals surface area contributed by atoms with Crippen molar-refractivity contribution in [2.24, 2.45) is 0 Å². The number of hydrogen-bond acceptors (Lipinski definition) is 3. The van der Waals surface area contributed by atoms with Crippen LogP contribution in [0.15, 0.2) is 18.2 Å². The zero-order valence-electron chi connectivity index (χ0n) is 12.9. The van der Waals surface area contributed by atoms with Gasteiger partial charge in [-0.15, -0.1) is 0 Å². The molecule has 1 aromatic carbocycles. The number of ether oxygens (including phenoxy) is 1. The lowest BCUT2D eigenvalue weighted by Crippen LogP contribution is -2.20. The van der Waals surface area contributed by atoms with Crippen molar-refractivity contribution in [3.05, 3.63) is 40.2 Å². The minimum absolute atomic E-state index is 0.124. The molecule has 0 bridgehead atoms. The van der Waals surface area contributed by atoms with Gasteiger partial charge in [-0.1, -0.05) is 17.7 Å². The molecule has 1 aromatic heterocycles. The maximum atomic E-state index is 12.8. The summed E-state index contributed by atoms with van der Waals surface area (Å²) in [5, 5.41) is 6.25. The largest absolute Gasteiger partial charge is 0.495 e. The molecule has 0 aliphatic carbocycles. The molecule has 8 heteroatoms. The van der Waals surface area contributed by atoms with Crippen LogP contribution in [0, 0.1) is 13.8 Å². The number of carbonyl (C=O) groups is 1. The molecule has 1 amide bonds. The van der Waals surface area contributed by atoms with Gasteiger partial charge < -0.3 is 10.1 Å². The highest BCUT2D eigenvalue weighted by Crippen LogP contribution is 2.29. The summed E-state index contributed by atoms with van der Waals surface area (Å²) in [4.78, 5) is 12.1. The van der Waals surface area contributed by atoms with Crippen molar-refractivity contribution in [2.45, 2.75) is 26.8 Å². The van der Waals surface area contributed by atoms with E-state index in [-0.39, 0.29) is 11.6 Å². The van der Waals surface area contributed by atoms with E-state index in [2.05, 4.69) is 10.4 Å². The van der Waals surface area contributed by atoms with Gasteiger partial charge in [0.2, 0.25) is 5.91 Å². The van der Waals surface area contributed by atoms with Crippen LogP contribution in [0.4, 0.5) is 14.5 Å². The first-order chi connectivity index (χ1) is 10.8. The summed E-state index contributed by atoms with van der Waals surface area (Å²) in [5.74, 6) is 0.0874. The normalized spacial score (nSPS) is 10.9. The number of rotatable bonds is 5. The van der Waals surface area contributed by atoms with Crippen molar-refractivity contribution < 1.29 is 18.3 Å². The van der Waals surface area contributed by atoms with Crippen LogP contribution >= 0.6 is 11.6 Å². The number of nitrogens with one attached hydrogen (secondary N) is 1. The number of aryl methyl sites for hydroxylation is 1. The Kier molecular flexibility index (Phi) is 5.20. The molecule has 0 radical (unpaired) electrons. The third-order valence-corrected chi connectivity index (χ3v) is 3.75. The molecular formula is C15H16ClF2N3O2. The van der Waals surface area contributed by atoms with E-state index in [0.717, 1.165) is 10.2 Å². The molecular weight excluding hydrogens is 328 g/mol.